The molecule has 1 fully saturated rings. The van der Waals surface area contributed by atoms with Crippen molar-refractivity contribution in [3.8, 4) is 17.2 Å². The van der Waals surface area contributed by atoms with E-state index in [1.54, 1.807) is 20.3 Å². The first-order valence-corrected chi connectivity index (χ1v) is 8.93. The van der Waals surface area contributed by atoms with Crippen molar-refractivity contribution in [2.45, 2.75) is 18.9 Å². The first-order valence-electron chi connectivity index (χ1n) is 8.93. The van der Waals surface area contributed by atoms with Gasteiger partial charge in [0.1, 0.15) is 17.2 Å². The van der Waals surface area contributed by atoms with Crippen molar-refractivity contribution in [1.82, 2.24) is 0 Å². The van der Waals surface area contributed by atoms with Crippen LogP contribution in [0.5, 0.6) is 17.2 Å². The molecule has 0 aromatic heterocycles. The molecule has 6 heteroatoms. The highest BCUT2D eigenvalue weighted by molar-refractivity contribution is 5.75. The first-order chi connectivity index (χ1) is 13.1. The molecule has 0 radical (unpaired) electrons. The van der Waals surface area contributed by atoms with Gasteiger partial charge in [0, 0.05) is 6.07 Å². The third-order valence-corrected chi connectivity index (χ3v) is 4.93. The normalized spacial score (nSPS) is 21.7. The molecule has 1 aliphatic heterocycles. The molecule has 6 nitrogen and oxygen atoms in total. The van der Waals surface area contributed by atoms with Crippen LogP contribution in [0.25, 0.3) is 5.32 Å². The number of aliphatic carboxylic acids is 1. The average molecular weight is 370 g/mol. The highest BCUT2D eigenvalue weighted by Crippen LogP contribution is 2.49. The molecule has 1 saturated heterocycles. The average Bonchev–Trinajstić information content (AvgIpc) is 3.13. The smallest absolute Gasteiger partial charge is 0.305 e. The van der Waals surface area contributed by atoms with Crippen LogP contribution in [0.2, 0.25) is 0 Å². The summed E-state index contributed by atoms with van der Waals surface area (Å²) in [6, 6.07) is 12.5. The third-order valence-electron chi connectivity index (χ3n) is 4.93. The van der Waals surface area contributed by atoms with Gasteiger partial charge in [-0.3, -0.25) is 4.79 Å². The van der Waals surface area contributed by atoms with Crippen LogP contribution in [0.4, 0.5) is 0 Å². The Morgan fingerprint density at radius 1 is 1.11 bits per heavy atom. The van der Waals surface area contributed by atoms with Crippen molar-refractivity contribution in [2.75, 3.05) is 27.4 Å². The van der Waals surface area contributed by atoms with Gasteiger partial charge >= 0.3 is 5.97 Å². The standard InChI is InChI=1S/C21H24NO5/c1-4-27-15-9-10-16(18(11-15)26-3)17-12-22-20(19(17)21(23)24)13-5-7-14(25-2)8-6-13/h5-11,17,19-20H,4,12H2,1-3H3,(H,23,24)/q-1/t17?,19-,20?/m1/s1. The van der Waals surface area contributed by atoms with Gasteiger partial charge in [-0.15, -0.1) is 6.54 Å². The van der Waals surface area contributed by atoms with E-state index in [4.69, 9.17) is 14.2 Å². The molecule has 0 spiro atoms. The van der Waals surface area contributed by atoms with Crippen molar-refractivity contribution in [2.24, 2.45) is 5.92 Å². The minimum Gasteiger partial charge on any atom is -0.654 e. The quantitative estimate of drug-likeness (QED) is 0.796. The fourth-order valence-electron chi connectivity index (χ4n) is 3.64. The molecule has 2 aromatic rings. The van der Waals surface area contributed by atoms with Gasteiger partial charge in [0.2, 0.25) is 0 Å². The molecule has 1 N–H and O–H groups in total. The number of hydrogen-bond acceptors (Lipinski definition) is 4. The van der Waals surface area contributed by atoms with Gasteiger partial charge in [-0.1, -0.05) is 29.8 Å². The van der Waals surface area contributed by atoms with Gasteiger partial charge in [-0.25, -0.2) is 0 Å². The van der Waals surface area contributed by atoms with Crippen molar-refractivity contribution >= 4 is 5.97 Å². The van der Waals surface area contributed by atoms with Crippen molar-refractivity contribution in [1.29, 1.82) is 0 Å². The molecule has 2 aromatic carbocycles. The maximum atomic E-state index is 12.1. The van der Waals surface area contributed by atoms with E-state index in [2.05, 4.69) is 5.32 Å². The predicted molar refractivity (Wildman–Crippen MR) is 102 cm³/mol. The van der Waals surface area contributed by atoms with Gasteiger partial charge in [-0.2, -0.15) is 0 Å². The topological polar surface area (TPSA) is 79.1 Å². The lowest BCUT2D eigenvalue weighted by Gasteiger charge is -2.28. The number of ether oxygens (including phenoxy) is 3. The molecule has 1 heterocycles. The predicted octanol–water partition coefficient (Wildman–Crippen LogP) is 4.02. The summed E-state index contributed by atoms with van der Waals surface area (Å²) in [5, 5.41) is 14.6. The Morgan fingerprint density at radius 2 is 1.81 bits per heavy atom. The first kappa shape index (κ1) is 19.0. The fraction of sp³-hybridized carbons (Fsp3) is 0.381. The number of benzene rings is 2. The lowest BCUT2D eigenvalue weighted by molar-refractivity contribution is -0.142. The van der Waals surface area contributed by atoms with Crippen molar-refractivity contribution < 1.29 is 24.1 Å². The minimum absolute atomic E-state index is 0.264. The summed E-state index contributed by atoms with van der Waals surface area (Å²) < 4.78 is 16.2. The zero-order valence-electron chi connectivity index (χ0n) is 15.7. The summed E-state index contributed by atoms with van der Waals surface area (Å²) in [6.07, 6.45) is 0. The summed E-state index contributed by atoms with van der Waals surface area (Å²) >= 11 is 0. The lowest BCUT2D eigenvalue weighted by atomic mass is 9.82. The van der Waals surface area contributed by atoms with Crippen molar-refractivity contribution in [3.63, 3.8) is 0 Å². The van der Waals surface area contributed by atoms with Crippen LogP contribution in [0.15, 0.2) is 42.5 Å². The van der Waals surface area contributed by atoms with Crippen LogP contribution < -0.4 is 14.2 Å². The van der Waals surface area contributed by atoms with E-state index >= 15 is 0 Å². The number of nitrogens with zero attached hydrogens (tertiary/aromatic N) is 1. The van der Waals surface area contributed by atoms with E-state index in [0.29, 0.717) is 24.7 Å². The third kappa shape index (κ3) is 3.85. The molecule has 0 amide bonds. The van der Waals surface area contributed by atoms with E-state index in [0.717, 1.165) is 16.9 Å². The van der Waals surface area contributed by atoms with E-state index in [9.17, 15) is 9.90 Å². The Kier molecular flexibility index (Phi) is 5.86. The van der Waals surface area contributed by atoms with Gasteiger partial charge in [0.15, 0.2) is 0 Å². The number of carboxylic acids is 1. The Balaban J connectivity index is 1.93. The monoisotopic (exact) mass is 370 g/mol. The molecule has 144 valence electrons. The Morgan fingerprint density at radius 3 is 2.41 bits per heavy atom. The van der Waals surface area contributed by atoms with Crippen LogP contribution in [-0.4, -0.2) is 38.4 Å². The molecule has 3 atom stereocenters. The summed E-state index contributed by atoms with van der Waals surface area (Å²) in [5.41, 5.74) is 1.71. The van der Waals surface area contributed by atoms with Crippen LogP contribution in [0.3, 0.4) is 0 Å². The SMILES string of the molecule is CCOc1ccc(C2C[N-]C(c3ccc(OC)cc3)[C@@H]2C(=O)O)c(OC)c1. The Bertz CT molecular complexity index is 790. The van der Waals surface area contributed by atoms with Crippen LogP contribution >= 0.6 is 0 Å². The van der Waals surface area contributed by atoms with Gasteiger partial charge in [-0.05, 0) is 36.6 Å². The van der Waals surface area contributed by atoms with Crippen LogP contribution in [-0.2, 0) is 4.79 Å². The zero-order chi connectivity index (χ0) is 19.4. The Hall–Kier alpha value is -2.73. The van der Waals surface area contributed by atoms with Crippen LogP contribution in [0.1, 0.15) is 30.0 Å². The summed E-state index contributed by atoms with van der Waals surface area (Å²) in [6.45, 7) is 2.90. The second-order valence-electron chi connectivity index (χ2n) is 6.39. The van der Waals surface area contributed by atoms with Gasteiger partial charge in [0.25, 0.3) is 0 Å². The maximum Gasteiger partial charge on any atom is 0.305 e. The number of rotatable bonds is 7. The zero-order valence-corrected chi connectivity index (χ0v) is 15.7. The van der Waals surface area contributed by atoms with Crippen molar-refractivity contribution in [3.05, 3.63) is 58.9 Å². The lowest BCUT2D eigenvalue weighted by Crippen LogP contribution is -2.23. The molecule has 0 saturated carbocycles. The van der Waals surface area contributed by atoms with Crippen LogP contribution in [0, 0.1) is 5.92 Å². The fourth-order valence-corrected chi connectivity index (χ4v) is 3.64. The molecule has 0 aliphatic carbocycles. The highest BCUT2D eigenvalue weighted by Gasteiger charge is 2.37. The summed E-state index contributed by atoms with van der Waals surface area (Å²) in [5.74, 6) is 0.270. The molecule has 1 aliphatic rings. The number of methoxy groups -OCH3 is 2. The van der Waals surface area contributed by atoms with E-state index in [1.165, 1.54) is 0 Å². The molecule has 3 rings (SSSR count). The number of carbonyl (C=O) groups is 1. The minimum atomic E-state index is -0.863. The summed E-state index contributed by atoms with van der Waals surface area (Å²) in [4.78, 5) is 12.1. The van der Waals surface area contributed by atoms with E-state index in [1.807, 2.05) is 43.3 Å². The molecule has 27 heavy (non-hydrogen) atoms. The summed E-state index contributed by atoms with van der Waals surface area (Å²) in [7, 11) is 3.18. The van der Waals surface area contributed by atoms with Gasteiger partial charge < -0.3 is 24.6 Å². The second-order valence-corrected chi connectivity index (χ2v) is 6.39. The maximum absolute atomic E-state index is 12.1. The molecular formula is C21H24NO5-. The Labute approximate surface area is 159 Å². The molecular weight excluding hydrogens is 346 g/mol. The second kappa shape index (κ2) is 8.31. The van der Waals surface area contributed by atoms with E-state index in [-0.39, 0.29) is 5.92 Å². The molecule has 2 unspecified atom stereocenters. The molecule has 0 bridgehead atoms. The van der Waals surface area contributed by atoms with E-state index < -0.39 is 17.9 Å². The largest absolute Gasteiger partial charge is 0.654 e. The number of carboxylic acid groups (broad SMARTS) is 1. The number of hydrogen-bond donors (Lipinski definition) is 1. The van der Waals surface area contributed by atoms with Gasteiger partial charge in [0.05, 0.1) is 26.7 Å². The highest BCUT2D eigenvalue weighted by atomic mass is 16.5.